The van der Waals surface area contributed by atoms with Crippen LogP contribution in [0.4, 0.5) is 0 Å². The monoisotopic (exact) mass is 327 g/mol. The third-order valence-corrected chi connectivity index (χ3v) is 3.17. The highest BCUT2D eigenvalue weighted by atomic mass is 79.9. The van der Waals surface area contributed by atoms with Crippen LogP contribution in [-0.4, -0.2) is 23.9 Å². The van der Waals surface area contributed by atoms with E-state index in [-0.39, 0.29) is 12.0 Å². The van der Waals surface area contributed by atoms with Gasteiger partial charge in [-0.15, -0.1) is 0 Å². The van der Waals surface area contributed by atoms with Crippen molar-refractivity contribution in [2.24, 2.45) is 0 Å². The van der Waals surface area contributed by atoms with Crippen molar-refractivity contribution in [3.05, 3.63) is 29.8 Å². The molecule has 1 N–H and O–H groups in total. The van der Waals surface area contributed by atoms with E-state index in [0.717, 1.165) is 5.75 Å². The smallest absolute Gasteiger partial charge is 0.220 e. The Bertz CT molecular complexity index is 407. The van der Waals surface area contributed by atoms with Crippen LogP contribution in [0.2, 0.25) is 0 Å². The van der Waals surface area contributed by atoms with Crippen molar-refractivity contribution < 1.29 is 9.53 Å². The number of carbonyl (C=O) groups is 1. The van der Waals surface area contributed by atoms with Crippen molar-refractivity contribution in [3.8, 4) is 5.75 Å². The van der Waals surface area contributed by atoms with Crippen LogP contribution in [0.5, 0.6) is 5.75 Å². The fourth-order valence-corrected chi connectivity index (χ4v) is 2.01. The van der Waals surface area contributed by atoms with Gasteiger partial charge in [0.1, 0.15) is 11.9 Å². The molecule has 1 aromatic carbocycles. The minimum Gasteiger partial charge on any atom is -0.489 e. The molecule has 0 heterocycles. The topological polar surface area (TPSA) is 38.3 Å². The standard InChI is InChI=1S/C15H22BrNO2/c1-11(2)13-5-4-6-14(9-13)19-12(3)10-17-15(18)7-8-16/h4-6,9,11-12H,7-8,10H2,1-3H3,(H,17,18). The molecule has 106 valence electrons. The summed E-state index contributed by atoms with van der Waals surface area (Å²) in [6.45, 7) is 6.79. The van der Waals surface area contributed by atoms with Crippen LogP contribution in [0, 0.1) is 0 Å². The fourth-order valence-electron chi connectivity index (χ4n) is 1.65. The highest BCUT2D eigenvalue weighted by molar-refractivity contribution is 9.09. The second kappa shape index (κ2) is 8.20. The van der Waals surface area contributed by atoms with Gasteiger partial charge in [0.05, 0.1) is 6.54 Å². The van der Waals surface area contributed by atoms with Gasteiger partial charge < -0.3 is 10.1 Å². The molecular weight excluding hydrogens is 306 g/mol. The van der Waals surface area contributed by atoms with Gasteiger partial charge in [0.25, 0.3) is 0 Å². The number of halogens is 1. The molecule has 0 spiro atoms. The first-order valence-corrected chi connectivity index (χ1v) is 7.74. The molecule has 1 rings (SSSR count). The second-order valence-corrected chi connectivity index (χ2v) is 5.69. The van der Waals surface area contributed by atoms with Crippen LogP contribution < -0.4 is 10.1 Å². The summed E-state index contributed by atoms with van der Waals surface area (Å²) >= 11 is 3.24. The summed E-state index contributed by atoms with van der Waals surface area (Å²) < 4.78 is 5.81. The molecule has 19 heavy (non-hydrogen) atoms. The zero-order valence-corrected chi connectivity index (χ0v) is 13.4. The van der Waals surface area contributed by atoms with Crippen molar-refractivity contribution >= 4 is 21.8 Å². The SMILES string of the molecule is CC(CNC(=O)CCBr)Oc1cccc(C(C)C)c1. The average molecular weight is 328 g/mol. The zero-order chi connectivity index (χ0) is 14.3. The van der Waals surface area contributed by atoms with E-state index < -0.39 is 0 Å². The van der Waals surface area contributed by atoms with Gasteiger partial charge in [0.15, 0.2) is 0 Å². The Balaban J connectivity index is 2.45. The van der Waals surface area contributed by atoms with Gasteiger partial charge in [-0.3, -0.25) is 4.79 Å². The highest BCUT2D eigenvalue weighted by Gasteiger charge is 2.07. The molecule has 0 saturated carbocycles. The summed E-state index contributed by atoms with van der Waals surface area (Å²) in [5, 5.41) is 3.53. The molecule has 1 unspecified atom stereocenters. The first-order chi connectivity index (χ1) is 9.02. The lowest BCUT2D eigenvalue weighted by atomic mass is 10.0. The van der Waals surface area contributed by atoms with Crippen molar-refractivity contribution in [2.45, 2.75) is 39.2 Å². The van der Waals surface area contributed by atoms with E-state index in [2.05, 4.69) is 47.2 Å². The minimum absolute atomic E-state index is 0.0401. The number of benzene rings is 1. The lowest BCUT2D eigenvalue weighted by molar-refractivity contribution is -0.121. The van der Waals surface area contributed by atoms with Gasteiger partial charge in [-0.2, -0.15) is 0 Å². The van der Waals surface area contributed by atoms with Crippen molar-refractivity contribution in [2.75, 3.05) is 11.9 Å². The number of amides is 1. The van der Waals surface area contributed by atoms with Gasteiger partial charge in [-0.05, 0) is 30.5 Å². The number of hydrogen-bond donors (Lipinski definition) is 1. The van der Waals surface area contributed by atoms with Crippen molar-refractivity contribution in [1.29, 1.82) is 0 Å². The zero-order valence-electron chi connectivity index (χ0n) is 11.8. The van der Waals surface area contributed by atoms with Crippen LogP contribution >= 0.6 is 15.9 Å². The second-order valence-electron chi connectivity index (χ2n) is 4.90. The van der Waals surface area contributed by atoms with E-state index in [9.17, 15) is 4.79 Å². The predicted octanol–water partition coefficient (Wildman–Crippen LogP) is 3.48. The average Bonchev–Trinajstić information content (AvgIpc) is 2.37. The number of rotatable bonds is 7. The summed E-state index contributed by atoms with van der Waals surface area (Å²) in [6.07, 6.45) is 0.455. The fraction of sp³-hybridized carbons (Fsp3) is 0.533. The van der Waals surface area contributed by atoms with Crippen LogP contribution in [0.1, 0.15) is 38.7 Å². The molecule has 1 atom stereocenters. The molecule has 0 fully saturated rings. The predicted molar refractivity (Wildman–Crippen MR) is 82.0 cm³/mol. The normalized spacial score (nSPS) is 12.3. The number of carbonyl (C=O) groups excluding carboxylic acids is 1. The third kappa shape index (κ3) is 6.10. The van der Waals surface area contributed by atoms with Gasteiger partial charge >= 0.3 is 0 Å². The Labute approximate surface area is 123 Å². The van der Waals surface area contributed by atoms with Crippen LogP contribution in [0.15, 0.2) is 24.3 Å². The lowest BCUT2D eigenvalue weighted by Gasteiger charge is -2.16. The summed E-state index contributed by atoms with van der Waals surface area (Å²) in [4.78, 5) is 11.3. The summed E-state index contributed by atoms with van der Waals surface area (Å²) in [6, 6.07) is 8.10. The van der Waals surface area contributed by atoms with E-state index in [4.69, 9.17) is 4.74 Å². The maximum absolute atomic E-state index is 11.3. The molecular formula is C15H22BrNO2. The Morgan fingerprint density at radius 3 is 2.74 bits per heavy atom. The molecule has 0 radical (unpaired) electrons. The lowest BCUT2D eigenvalue weighted by Crippen LogP contribution is -2.33. The Kier molecular flexibility index (Phi) is 6.92. The molecule has 3 nitrogen and oxygen atoms in total. The Morgan fingerprint density at radius 2 is 2.11 bits per heavy atom. The van der Waals surface area contributed by atoms with Gasteiger partial charge in [-0.1, -0.05) is 41.9 Å². The number of hydrogen-bond acceptors (Lipinski definition) is 2. The highest BCUT2D eigenvalue weighted by Crippen LogP contribution is 2.20. The van der Waals surface area contributed by atoms with Gasteiger partial charge in [0, 0.05) is 11.8 Å². The molecule has 0 saturated heterocycles. The summed E-state index contributed by atoms with van der Waals surface area (Å²) in [5.41, 5.74) is 1.26. The quantitative estimate of drug-likeness (QED) is 0.778. The summed E-state index contributed by atoms with van der Waals surface area (Å²) in [7, 11) is 0. The molecule has 1 amide bonds. The van der Waals surface area contributed by atoms with E-state index >= 15 is 0 Å². The van der Waals surface area contributed by atoms with Crippen LogP contribution in [-0.2, 0) is 4.79 Å². The maximum atomic E-state index is 11.3. The first kappa shape index (κ1) is 16.0. The third-order valence-electron chi connectivity index (χ3n) is 2.77. The van der Waals surface area contributed by atoms with Crippen LogP contribution in [0.25, 0.3) is 0 Å². The Morgan fingerprint density at radius 1 is 1.37 bits per heavy atom. The molecule has 0 bridgehead atoms. The number of alkyl halides is 1. The van der Waals surface area contributed by atoms with Crippen molar-refractivity contribution in [1.82, 2.24) is 5.32 Å². The molecule has 4 heteroatoms. The van der Waals surface area contributed by atoms with E-state index in [1.165, 1.54) is 5.56 Å². The summed E-state index contributed by atoms with van der Waals surface area (Å²) in [5.74, 6) is 1.38. The van der Waals surface area contributed by atoms with Crippen molar-refractivity contribution in [3.63, 3.8) is 0 Å². The molecule has 0 aliphatic rings. The molecule has 1 aromatic rings. The first-order valence-electron chi connectivity index (χ1n) is 6.62. The van der Waals surface area contributed by atoms with E-state index in [0.29, 0.717) is 24.2 Å². The maximum Gasteiger partial charge on any atom is 0.220 e. The molecule has 0 aliphatic carbocycles. The molecule has 0 aromatic heterocycles. The minimum atomic E-state index is -0.0401. The van der Waals surface area contributed by atoms with Gasteiger partial charge in [0.2, 0.25) is 5.91 Å². The number of ether oxygens (including phenoxy) is 1. The van der Waals surface area contributed by atoms with E-state index in [1.807, 2.05) is 19.1 Å². The van der Waals surface area contributed by atoms with E-state index in [1.54, 1.807) is 0 Å². The van der Waals surface area contributed by atoms with Gasteiger partial charge in [-0.25, -0.2) is 0 Å². The largest absolute Gasteiger partial charge is 0.489 e. The number of nitrogens with one attached hydrogen (secondary N) is 1. The molecule has 0 aliphatic heterocycles. The van der Waals surface area contributed by atoms with Crippen LogP contribution in [0.3, 0.4) is 0 Å². The Hall–Kier alpha value is -1.03.